The highest BCUT2D eigenvalue weighted by Gasteiger charge is 2.29. The van der Waals surface area contributed by atoms with Gasteiger partial charge >= 0.3 is 11.9 Å². The lowest BCUT2D eigenvalue weighted by Gasteiger charge is -2.37. The third kappa shape index (κ3) is 5.98. The third-order valence-corrected chi connectivity index (χ3v) is 7.17. The number of rotatable bonds is 9. The van der Waals surface area contributed by atoms with Gasteiger partial charge in [-0.2, -0.15) is 0 Å². The van der Waals surface area contributed by atoms with Crippen molar-refractivity contribution in [3.63, 3.8) is 0 Å². The first-order valence-corrected chi connectivity index (χ1v) is 11.6. The van der Waals surface area contributed by atoms with Gasteiger partial charge in [-0.15, -0.1) is 0 Å². The Hall–Kier alpha value is -2.66. The Balaban J connectivity index is 1.63. The maximum absolute atomic E-state index is 11.6. The Morgan fingerprint density at radius 1 is 1.00 bits per heavy atom. The van der Waals surface area contributed by atoms with Gasteiger partial charge < -0.3 is 15.1 Å². The molecule has 0 aromatic heterocycles. The van der Waals surface area contributed by atoms with E-state index in [9.17, 15) is 19.8 Å². The van der Waals surface area contributed by atoms with Crippen LogP contribution in [0.15, 0.2) is 42.5 Å². The molecule has 0 saturated heterocycles. The molecule has 32 heavy (non-hydrogen) atoms. The molecule has 172 valence electrons. The molecule has 5 heteroatoms. The van der Waals surface area contributed by atoms with E-state index in [1.807, 2.05) is 0 Å². The summed E-state index contributed by atoms with van der Waals surface area (Å²) in [6.07, 6.45) is 7.49. The molecule has 0 bridgehead atoms. The summed E-state index contributed by atoms with van der Waals surface area (Å²) in [5.41, 5.74) is 3.10. The second kappa shape index (κ2) is 10.8. The summed E-state index contributed by atoms with van der Waals surface area (Å²) in [5, 5.41) is 18.9. The van der Waals surface area contributed by atoms with Gasteiger partial charge in [-0.1, -0.05) is 30.3 Å². The molecule has 5 nitrogen and oxygen atoms in total. The number of carboxylic acids is 2. The molecule has 0 amide bonds. The highest BCUT2D eigenvalue weighted by Crippen LogP contribution is 2.36. The molecule has 0 spiro atoms. The topological polar surface area (TPSA) is 77.8 Å². The molecular formula is C27H35NO4. The van der Waals surface area contributed by atoms with E-state index in [-0.39, 0.29) is 11.1 Å². The van der Waals surface area contributed by atoms with Crippen LogP contribution in [0.5, 0.6) is 0 Å². The first-order chi connectivity index (χ1) is 15.3. The number of aryl methyl sites for hydroxylation is 1. The standard InChI is InChI=1S/C27H35NO4/c1-18-22(16-23(26(29)30)17-24(18)27(31)32)15-20-9-12-21(13-10-20)25(28(2)3)14-11-19-7-5-4-6-8-19/h4-8,16-17,20-21,25H,9-15H2,1-3H3,(H,29,30)(H,31,32). The molecule has 1 fully saturated rings. The number of benzene rings is 2. The predicted octanol–water partition coefficient (Wildman–Crippen LogP) is 5.30. The smallest absolute Gasteiger partial charge is 0.335 e. The molecule has 3 rings (SSSR count). The van der Waals surface area contributed by atoms with Gasteiger partial charge in [0.2, 0.25) is 0 Å². The van der Waals surface area contributed by atoms with Crippen LogP contribution in [0.4, 0.5) is 0 Å². The Kier molecular flexibility index (Phi) is 8.08. The maximum Gasteiger partial charge on any atom is 0.335 e. The minimum Gasteiger partial charge on any atom is -0.478 e. The fourth-order valence-electron chi connectivity index (χ4n) is 5.29. The second-order valence-corrected chi connectivity index (χ2v) is 9.46. The van der Waals surface area contributed by atoms with E-state index in [4.69, 9.17) is 0 Å². The maximum atomic E-state index is 11.6. The molecule has 2 N–H and O–H groups in total. The monoisotopic (exact) mass is 437 g/mol. The number of carbonyl (C=O) groups is 2. The van der Waals surface area contributed by atoms with Gasteiger partial charge in [0.25, 0.3) is 0 Å². The predicted molar refractivity (Wildman–Crippen MR) is 126 cm³/mol. The van der Waals surface area contributed by atoms with Crippen molar-refractivity contribution >= 4 is 11.9 Å². The van der Waals surface area contributed by atoms with Gasteiger partial charge in [-0.3, -0.25) is 0 Å². The van der Waals surface area contributed by atoms with E-state index in [0.717, 1.165) is 50.5 Å². The van der Waals surface area contributed by atoms with Crippen LogP contribution < -0.4 is 0 Å². The first-order valence-electron chi connectivity index (χ1n) is 11.6. The number of nitrogens with zero attached hydrogens (tertiary/aromatic N) is 1. The SMILES string of the molecule is Cc1c(CC2CCC(C(CCc3ccccc3)N(C)C)CC2)cc(C(=O)O)cc1C(=O)O. The van der Waals surface area contributed by atoms with Crippen molar-refractivity contribution in [3.05, 3.63) is 70.3 Å². The molecule has 1 aliphatic carbocycles. The number of hydrogen-bond acceptors (Lipinski definition) is 3. The van der Waals surface area contributed by atoms with Gasteiger partial charge in [0.15, 0.2) is 0 Å². The van der Waals surface area contributed by atoms with Crippen molar-refractivity contribution in [3.8, 4) is 0 Å². The fourth-order valence-corrected chi connectivity index (χ4v) is 5.29. The summed E-state index contributed by atoms with van der Waals surface area (Å²) >= 11 is 0. The van der Waals surface area contributed by atoms with Gasteiger partial charge in [-0.05, 0) is 107 Å². The van der Waals surface area contributed by atoms with Gasteiger partial charge in [0.1, 0.15) is 0 Å². The van der Waals surface area contributed by atoms with E-state index in [2.05, 4.69) is 49.3 Å². The van der Waals surface area contributed by atoms with E-state index in [1.165, 1.54) is 11.6 Å². The summed E-state index contributed by atoms with van der Waals surface area (Å²) in [6, 6.07) is 14.1. The average molecular weight is 438 g/mol. The van der Waals surface area contributed by atoms with Crippen LogP contribution in [0.1, 0.15) is 69.5 Å². The Bertz CT molecular complexity index is 930. The van der Waals surface area contributed by atoms with E-state index in [1.54, 1.807) is 13.0 Å². The van der Waals surface area contributed by atoms with Gasteiger partial charge in [0.05, 0.1) is 11.1 Å². The zero-order valence-electron chi connectivity index (χ0n) is 19.4. The van der Waals surface area contributed by atoms with Crippen LogP contribution >= 0.6 is 0 Å². The molecule has 2 aromatic carbocycles. The van der Waals surface area contributed by atoms with Crippen molar-refractivity contribution in [2.45, 2.75) is 57.9 Å². The summed E-state index contributed by atoms with van der Waals surface area (Å²) in [6.45, 7) is 1.79. The van der Waals surface area contributed by atoms with Crippen LogP contribution in [0.2, 0.25) is 0 Å². The highest BCUT2D eigenvalue weighted by molar-refractivity contribution is 5.95. The number of hydrogen-bond donors (Lipinski definition) is 2. The lowest BCUT2D eigenvalue weighted by molar-refractivity contribution is 0.0695. The lowest BCUT2D eigenvalue weighted by atomic mass is 9.74. The van der Waals surface area contributed by atoms with Gasteiger partial charge in [0, 0.05) is 6.04 Å². The van der Waals surface area contributed by atoms with E-state index in [0.29, 0.717) is 23.4 Å². The average Bonchev–Trinajstić information content (AvgIpc) is 2.76. The fraction of sp³-hybridized carbons (Fsp3) is 0.481. The molecule has 1 unspecified atom stereocenters. The Morgan fingerprint density at radius 3 is 2.22 bits per heavy atom. The highest BCUT2D eigenvalue weighted by atomic mass is 16.4. The molecule has 0 radical (unpaired) electrons. The third-order valence-electron chi connectivity index (χ3n) is 7.17. The molecule has 1 atom stereocenters. The lowest BCUT2D eigenvalue weighted by Crippen LogP contribution is -2.38. The number of carboxylic acid groups (broad SMARTS) is 2. The van der Waals surface area contributed by atoms with Crippen LogP contribution in [0.25, 0.3) is 0 Å². The molecule has 0 heterocycles. The van der Waals surface area contributed by atoms with Crippen molar-refractivity contribution in [1.29, 1.82) is 0 Å². The zero-order chi connectivity index (χ0) is 23.3. The normalized spacial score (nSPS) is 19.6. The summed E-state index contributed by atoms with van der Waals surface area (Å²) in [5.74, 6) is -1.02. The van der Waals surface area contributed by atoms with Gasteiger partial charge in [-0.25, -0.2) is 9.59 Å². The van der Waals surface area contributed by atoms with Crippen molar-refractivity contribution < 1.29 is 19.8 Å². The minimum absolute atomic E-state index is 0.0604. The van der Waals surface area contributed by atoms with Crippen LogP contribution in [-0.4, -0.2) is 47.2 Å². The largest absolute Gasteiger partial charge is 0.478 e. The van der Waals surface area contributed by atoms with Crippen molar-refractivity contribution in [2.24, 2.45) is 11.8 Å². The first kappa shape index (κ1) is 24.0. The van der Waals surface area contributed by atoms with Crippen LogP contribution in [0, 0.1) is 18.8 Å². The van der Waals surface area contributed by atoms with Crippen molar-refractivity contribution in [1.82, 2.24) is 4.90 Å². The molecule has 1 aliphatic rings. The molecular weight excluding hydrogens is 402 g/mol. The minimum atomic E-state index is -1.08. The van der Waals surface area contributed by atoms with E-state index >= 15 is 0 Å². The molecule has 1 saturated carbocycles. The Morgan fingerprint density at radius 2 is 1.66 bits per heavy atom. The van der Waals surface area contributed by atoms with Crippen molar-refractivity contribution in [2.75, 3.05) is 14.1 Å². The van der Waals surface area contributed by atoms with Crippen LogP contribution in [-0.2, 0) is 12.8 Å². The zero-order valence-corrected chi connectivity index (χ0v) is 19.4. The number of aromatic carboxylic acids is 2. The summed E-state index contributed by atoms with van der Waals surface area (Å²) in [4.78, 5) is 25.4. The second-order valence-electron chi connectivity index (χ2n) is 9.46. The quantitative estimate of drug-likeness (QED) is 0.556. The molecule has 0 aliphatic heterocycles. The molecule has 2 aromatic rings. The summed E-state index contributed by atoms with van der Waals surface area (Å²) in [7, 11) is 4.35. The van der Waals surface area contributed by atoms with Crippen LogP contribution in [0.3, 0.4) is 0 Å². The summed E-state index contributed by atoms with van der Waals surface area (Å²) < 4.78 is 0. The van der Waals surface area contributed by atoms with E-state index < -0.39 is 11.9 Å². The Labute approximate surface area is 191 Å².